The number of nitrogens with zero attached hydrogens (tertiary/aromatic N) is 2. The predicted molar refractivity (Wildman–Crippen MR) is 43.0 cm³/mol. The number of rotatable bonds is 2. The van der Waals surface area contributed by atoms with Gasteiger partial charge < -0.3 is 9.67 Å². The van der Waals surface area contributed by atoms with Crippen molar-refractivity contribution in [2.45, 2.75) is 13.0 Å². The Labute approximate surface area is 66.0 Å². The monoisotopic (exact) mass is 152 g/mol. The van der Waals surface area contributed by atoms with Crippen LogP contribution in [0.25, 0.3) is 0 Å². The zero-order valence-electron chi connectivity index (χ0n) is 6.73. The van der Waals surface area contributed by atoms with E-state index in [0.29, 0.717) is 5.82 Å². The fourth-order valence-electron chi connectivity index (χ4n) is 0.930. The van der Waals surface area contributed by atoms with Gasteiger partial charge in [-0.25, -0.2) is 4.98 Å². The highest BCUT2D eigenvalue weighted by Crippen LogP contribution is 2.09. The molecule has 1 heterocycles. The molecule has 11 heavy (non-hydrogen) atoms. The van der Waals surface area contributed by atoms with Gasteiger partial charge in [0.15, 0.2) is 0 Å². The van der Waals surface area contributed by atoms with Crippen molar-refractivity contribution in [1.82, 2.24) is 9.55 Å². The van der Waals surface area contributed by atoms with E-state index in [1.165, 1.54) is 0 Å². The first-order valence-corrected chi connectivity index (χ1v) is 3.54. The Morgan fingerprint density at radius 1 is 1.73 bits per heavy atom. The summed E-state index contributed by atoms with van der Waals surface area (Å²) in [7, 11) is 1.86. The maximum absolute atomic E-state index is 9.42. The minimum atomic E-state index is -0.583. The third-order valence-electron chi connectivity index (χ3n) is 1.50. The Morgan fingerprint density at radius 2 is 2.45 bits per heavy atom. The van der Waals surface area contributed by atoms with Gasteiger partial charge in [0.1, 0.15) is 11.9 Å². The SMILES string of the molecule is C/C=C/[C@@H](O)c1nccn1C. The summed E-state index contributed by atoms with van der Waals surface area (Å²) in [6.45, 7) is 1.87. The number of aliphatic hydroxyl groups excluding tert-OH is 1. The molecule has 1 aromatic rings. The van der Waals surface area contributed by atoms with E-state index in [2.05, 4.69) is 4.98 Å². The van der Waals surface area contributed by atoms with E-state index < -0.39 is 6.10 Å². The lowest BCUT2D eigenvalue weighted by atomic mass is 10.3. The number of aliphatic hydroxyl groups is 1. The van der Waals surface area contributed by atoms with Gasteiger partial charge in [-0.05, 0) is 6.92 Å². The second-order valence-electron chi connectivity index (χ2n) is 2.37. The molecule has 1 atom stereocenters. The minimum Gasteiger partial charge on any atom is -0.381 e. The average molecular weight is 152 g/mol. The maximum Gasteiger partial charge on any atom is 0.141 e. The van der Waals surface area contributed by atoms with Crippen molar-refractivity contribution in [3.05, 3.63) is 30.4 Å². The lowest BCUT2D eigenvalue weighted by molar-refractivity contribution is 0.214. The first kappa shape index (κ1) is 8.01. The van der Waals surface area contributed by atoms with E-state index in [4.69, 9.17) is 0 Å². The van der Waals surface area contributed by atoms with Gasteiger partial charge in [-0.15, -0.1) is 0 Å². The molecule has 0 saturated carbocycles. The molecule has 3 heteroatoms. The molecule has 1 aromatic heterocycles. The fourth-order valence-corrected chi connectivity index (χ4v) is 0.930. The zero-order chi connectivity index (χ0) is 8.27. The quantitative estimate of drug-likeness (QED) is 0.643. The number of allylic oxidation sites excluding steroid dienone is 1. The predicted octanol–water partition coefficient (Wildman–Crippen LogP) is 1.03. The highest BCUT2D eigenvalue weighted by Gasteiger charge is 2.06. The van der Waals surface area contributed by atoms with Gasteiger partial charge in [0, 0.05) is 19.4 Å². The molecule has 0 bridgehead atoms. The number of imidazole rings is 1. The molecule has 0 aliphatic rings. The van der Waals surface area contributed by atoms with Crippen LogP contribution in [0.4, 0.5) is 0 Å². The molecule has 60 valence electrons. The minimum absolute atomic E-state index is 0.583. The van der Waals surface area contributed by atoms with Crippen molar-refractivity contribution >= 4 is 0 Å². The molecule has 0 saturated heterocycles. The van der Waals surface area contributed by atoms with Crippen LogP contribution in [0.5, 0.6) is 0 Å². The van der Waals surface area contributed by atoms with Crippen molar-refractivity contribution in [3.8, 4) is 0 Å². The van der Waals surface area contributed by atoms with Gasteiger partial charge in [0.2, 0.25) is 0 Å². The second kappa shape index (κ2) is 3.34. The van der Waals surface area contributed by atoms with E-state index in [1.54, 1.807) is 22.9 Å². The molecule has 0 fully saturated rings. The van der Waals surface area contributed by atoms with Crippen LogP contribution in [0.3, 0.4) is 0 Å². The van der Waals surface area contributed by atoms with Crippen LogP contribution in [0.2, 0.25) is 0 Å². The highest BCUT2D eigenvalue weighted by molar-refractivity contribution is 5.03. The van der Waals surface area contributed by atoms with E-state index in [1.807, 2.05) is 20.2 Å². The van der Waals surface area contributed by atoms with Crippen molar-refractivity contribution in [2.75, 3.05) is 0 Å². The molecule has 0 unspecified atom stereocenters. The molecule has 0 spiro atoms. The van der Waals surface area contributed by atoms with E-state index in [9.17, 15) is 5.11 Å². The molecule has 0 amide bonds. The number of hydrogen-bond donors (Lipinski definition) is 1. The number of aromatic nitrogens is 2. The Bertz CT molecular complexity index is 252. The maximum atomic E-state index is 9.42. The normalized spacial score (nSPS) is 14.1. The van der Waals surface area contributed by atoms with Gasteiger partial charge >= 0.3 is 0 Å². The van der Waals surface area contributed by atoms with Gasteiger partial charge in [0.05, 0.1) is 0 Å². The lowest BCUT2D eigenvalue weighted by Crippen LogP contribution is -2.02. The molecule has 1 rings (SSSR count). The van der Waals surface area contributed by atoms with Gasteiger partial charge in [-0.1, -0.05) is 12.2 Å². The molecule has 0 aliphatic heterocycles. The fraction of sp³-hybridized carbons (Fsp3) is 0.375. The van der Waals surface area contributed by atoms with Gasteiger partial charge in [-0.2, -0.15) is 0 Å². The summed E-state index contributed by atoms with van der Waals surface area (Å²) < 4.78 is 1.80. The van der Waals surface area contributed by atoms with Crippen LogP contribution in [0, 0.1) is 0 Å². The van der Waals surface area contributed by atoms with Crippen LogP contribution in [0.1, 0.15) is 18.9 Å². The van der Waals surface area contributed by atoms with E-state index in [0.717, 1.165) is 0 Å². The molecule has 0 aliphatic carbocycles. The lowest BCUT2D eigenvalue weighted by Gasteiger charge is -2.03. The van der Waals surface area contributed by atoms with Crippen LogP contribution in [-0.2, 0) is 7.05 Å². The number of hydrogen-bond acceptors (Lipinski definition) is 2. The topological polar surface area (TPSA) is 38.1 Å². The molecule has 3 nitrogen and oxygen atoms in total. The summed E-state index contributed by atoms with van der Waals surface area (Å²) >= 11 is 0. The summed E-state index contributed by atoms with van der Waals surface area (Å²) in [5, 5.41) is 9.42. The molecule has 0 radical (unpaired) electrons. The summed E-state index contributed by atoms with van der Waals surface area (Å²) in [6.07, 6.45) is 6.39. The number of aryl methyl sites for hydroxylation is 1. The third kappa shape index (κ3) is 1.68. The summed E-state index contributed by atoms with van der Waals surface area (Å²) in [4.78, 5) is 4.00. The van der Waals surface area contributed by atoms with Crippen molar-refractivity contribution in [3.63, 3.8) is 0 Å². The van der Waals surface area contributed by atoms with Crippen LogP contribution in [0.15, 0.2) is 24.5 Å². The van der Waals surface area contributed by atoms with E-state index >= 15 is 0 Å². The largest absolute Gasteiger partial charge is 0.381 e. The second-order valence-corrected chi connectivity index (χ2v) is 2.37. The first-order valence-electron chi connectivity index (χ1n) is 3.54. The molecule has 0 aromatic carbocycles. The Hall–Kier alpha value is -1.09. The van der Waals surface area contributed by atoms with Gasteiger partial charge in [0.25, 0.3) is 0 Å². The van der Waals surface area contributed by atoms with E-state index in [-0.39, 0.29) is 0 Å². The Balaban J connectivity index is 2.83. The summed E-state index contributed by atoms with van der Waals surface area (Å²) in [5.74, 6) is 0.670. The summed E-state index contributed by atoms with van der Waals surface area (Å²) in [6, 6.07) is 0. The first-order chi connectivity index (χ1) is 5.25. The van der Waals surface area contributed by atoms with Crippen molar-refractivity contribution in [2.24, 2.45) is 7.05 Å². The highest BCUT2D eigenvalue weighted by atomic mass is 16.3. The molecule has 1 N–H and O–H groups in total. The zero-order valence-corrected chi connectivity index (χ0v) is 6.73. The van der Waals surface area contributed by atoms with Crippen LogP contribution in [-0.4, -0.2) is 14.7 Å². The Morgan fingerprint density at radius 3 is 2.91 bits per heavy atom. The van der Waals surface area contributed by atoms with Crippen LogP contribution >= 0.6 is 0 Å². The smallest absolute Gasteiger partial charge is 0.141 e. The Kier molecular flexibility index (Phi) is 2.44. The summed E-state index contributed by atoms with van der Waals surface area (Å²) in [5.41, 5.74) is 0. The standard InChI is InChI=1S/C8H12N2O/c1-3-4-7(11)8-9-5-6-10(8)2/h3-7,11H,1-2H3/b4-3+/t7-/m1/s1. The van der Waals surface area contributed by atoms with Crippen LogP contribution < -0.4 is 0 Å². The molecular formula is C8H12N2O. The average Bonchev–Trinajstić information content (AvgIpc) is 2.36. The third-order valence-corrected chi connectivity index (χ3v) is 1.50. The molecular weight excluding hydrogens is 140 g/mol. The van der Waals surface area contributed by atoms with Crippen molar-refractivity contribution in [1.29, 1.82) is 0 Å². The van der Waals surface area contributed by atoms with Crippen molar-refractivity contribution < 1.29 is 5.11 Å². The van der Waals surface area contributed by atoms with Gasteiger partial charge in [-0.3, -0.25) is 0 Å².